The summed E-state index contributed by atoms with van der Waals surface area (Å²) in [5.74, 6) is 1.32. The summed E-state index contributed by atoms with van der Waals surface area (Å²) in [5.41, 5.74) is 6.61. The predicted octanol–water partition coefficient (Wildman–Crippen LogP) is 4.71. The van der Waals surface area contributed by atoms with Crippen LogP contribution in [0.4, 0.5) is 19.0 Å². The molecular formula is C22H28F3N5. The number of pyridine rings is 1. The zero-order valence-corrected chi connectivity index (χ0v) is 17.4. The number of alkyl halides is 3. The normalized spacial score (nSPS) is 29.0. The molecule has 0 amide bonds. The zero-order chi connectivity index (χ0) is 21.2. The highest BCUT2D eigenvalue weighted by Gasteiger charge is 2.58. The van der Waals surface area contributed by atoms with Gasteiger partial charge in [0.2, 0.25) is 0 Å². The van der Waals surface area contributed by atoms with Crippen LogP contribution in [0.25, 0.3) is 11.3 Å². The van der Waals surface area contributed by atoms with Gasteiger partial charge in [0, 0.05) is 35.5 Å². The maximum absolute atomic E-state index is 13.3. The van der Waals surface area contributed by atoms with Crippen LogP contribution in [0, 0.1) is 11.8 Å². The van der Waals surface area contributed by atoms with Gasteiger partial charge in [-0.1, -0.05) is 0 Å². The molecule has 2 aromatic rings. The standard InChI is InChI=1S/C22H28F3N5/c1-12(2)30-19(20-15-8-14(9-16(15)20)29-5-3-4-6-29)10-18(28-30)13-7-17(22(23,24)25)21(26)27-11-13/h7,10-12,14-16,20H,3-6,8-9H2,1-2H3,(H2,26,27)/t14?,15-,16+,20+. The largest absolute Gasteiger partial charge is 0.419 e. The summed E-state index contributed by atoms with van der Waals surface area (Å²) in [6, 6.07) is 3.90. The minimum Gasteiger partial charge on any atom is -0.383 e. The summed E-state index contributed by atoms with van der Waals surface area (Å²) in [4.78, 5) is 6.43. The molecule has 1 saturated heterocycles. The van der Waals surface area contributed by atoms with Gasteiger partial charge in [-0.3, -0.25) is 4.68 Å². The van der Waals surface area contributed by atoms with E-state index in [1.54, 1.807) is 0 Å². The molecule has 3 heterocycles. The summed E-state index contributed by atoms with van der Waals surface area (Å²) in [6.45, 7) is 6.59. The van der Waals surface area contributed by atoms with Crippen molar-refractivity contribution in [1.82, 2.24) is 19.7 Å². The summed E-state index contributed by atoms with van der Waals surface area (Å²) in [7, 11) is 0. The highest BCUT2D eigenvalue weighted by atomic mass is 19.4. The van der Waals surface area contributed by atoms with Gasteiger partial charge in [-0.15, -0.1) is 0 Å². The average molecular weight is 419 g/mol. The van der Waals surface area contributed by atoms with Crippen molar-refractivity contribution in [2.75, 3.05) is 18.8 Å². The molecule has 8 heteroatoms. The van der Waals surface area contributed by atoms with Crippen LogP contribution >= 0.6 is 0 Å². The molecule has 2 aliphatic carbocycles. The molecule has 4 atom stereocenters. The smallest absolute Gasteiger partial charge is 0.383 e. The average Bonchev–Trinajstić information content (AvgIpc) is 3.20. The van der Waals surface area contributed by atoms with Crippen molar-refractivity contribution in [2.45, 2.75) is 63.7 Å². The third-order valence-electron chi connectivity index (χ3n) is 7.19. The highest BCUT2D eigenvalue weighted by molar-refractivity contribution is 5.63. The fourth-order valence-electron chi connectivity index (χ4n) is 5.71. The number of likely N-dealkylation sites (tertiary alicyclic amines) is 1. The Kier molecular flexibility index (Phi) is 4.61. The number of nitrogens with two attached hydrogens (primary N) is 1. The van der Waals surface area contributed by atoms with Crippen molar-refractivity contribution in [1.29, 1.82) is 0 Å². The molecular weight excluding hydrogens is 391 g/mol. The molecule has 1 aliphatic heterocycles. The first kappa shape index (κ1) is 19.8. The van der Waals surface area contributed by atoms with E-state index >= 15 is 0 Å². The van der Waals surface area contributed by atoms with Gasteiger partial charge in [-0.05, 0) is 76.6 Å². The Bertz CT molecular complexity index is 933. The summed E-state index contributed by atoms with van der Waals surface area (Å²) < 4.78 is 41.8. The Labute approximate surface area is 174 Å². The van der Waals surface area contributed by atoms with Crippen molar-refractivity contribution in [2.24, 2.45) is 11.8 Å². The molecule has 0 bridgehead atoms. The number of nitrogens with zero attached hydrogens (tertiary/aromatic N) is 4. The molecule has 5 rings (SSSR count). The predicted molar refractivity (Wildman–Crippen MR) is 109 cm³/mol. The van der Waals surface area contributed by atoms with Gasteiger partial charge in [-0.2, -0.15) is 18.3 Å². The van der Waals surface area contributed by atoms with Gasteiger partial charge in [0.1, 0.15) is 5.82 Å². The van der Waals surface area contributed by atoms with E-state index in [1.165, 1.54) is 45.0 Å². The van der Waals surface area contributed by atoms with Gasteiger partial charge in [0.05, 0.1) is 11.3 Å². The fourth-order valence-corrected chi connectivity index (χ4v) is 5.71. The maximum atomic E-state index is 13.3. The number of fused-ring (bicyclic) bond motifs is 1. The molecule has 0 spiro atoms. The van der Waals surface area contributed by atoms with E-state index < -0.39 is 17.6 Å². The van der Waals surface area contributed by atoms with Crippen molar-refractivity contribution < 1.29 is 13.2 Å². The second-order valence-corrected chi connectivity index (χ2v) is 9.37. The van der Waals surface area contributed by atoms with E-state index in [-0.39, 0.29) is 6.04 Å². The highest BCUT2D eigenvalue weighted by Crippen LogP contribution is 2.64. The second-order valence-electron chi connectivity index (χ2n) is 9.37. The molecule has 30 heavy (non-hydrogen) atoms. The Balaban J connectivity index is 1.41. The number of hydrogen-bond donors (Lipinski definition) is 1. The van der Waals surface area contributed by atoms with Gasteiger partial charge >= 0.3 is 6.18 Å². The molecule has 162 valence electrons. The maximum Gasteiger partial charge on any atom is 0.419 e. The van der Waals surface area contributed by atoms with Crippen LogP contribution in [0.1, 0.15) is 62.7 Å². The van der Waals surface area contributed by atoms with Gasteiger partial charge in [-0.25, -0.2) is 4.98 Å². The van der Waals surface area contributed by atoms with Crippen molar-refractivity contribution in [3.8, 4) is 11.3 Å². The van der Waals surface area contributed by atoms with Gasteiger partial charge in [0.25, 0.3) is 0 Å². The first-order valence-corrected chi connectivity index (χ1v) is 10.9. The molecule has 1 unspecified atom stereocenters. The van der Waals surface area contributed by atoms with Crippen LogP contribution in [0.2, 0.25) is 0 Å². The molecule has 0 aromatic carbocycles. The number of nitrogen functional groups attached to an aromatic ring is 1. The molecule has 3 aliphatic rings. The number of hydrogen-bond acceptors (Lipinski definition) is 4. The van der Waals surface area contributed by atoms with E-state index in [4.69, 9.17) is 5.73 Å². The van der Waals surface area contributed by atoms with E-state index in [0.29, 0.717) is 35.1 Å². The summed E-state index contributed by atoms with van der Waals surface area (Å²) >= 11 is 0. The van der Waals surface area contributed by atoms with Gasteiger partial charge in [0.15, 0.2) is 0 Å². The van der Waals surface area contributed by atoms with Crippen molar-refractivity contribution in [3.63, 3.8) is 0 Å². The Morgan fingerprint density at radius 3 is 2.37 bits per heavy atom. The second kappa shape index (κ2) is 6.97. The lowest BCUT2D eigenvalue weighted by molar-refractivity contribution is -0.137. The van der Waals surface area contributed by atoms with Crippen LogP contribution in [0.5, 0.6) is 0 Å². The number of halogens is 3. The van der Waals surface area contributed by atoms with E-state index in [9.17, 15) is 13.2 Å². The lowest BCUT2D eigenvalue weighted by Crippen LogP contribution is -2.31. The molecule has 2 saturated carbocycles. The van der Waals surface area contributed by atoms with Crippen LogP contribution < -0.4 is 5.73 Å². The first-order chi connectivity index (χ1) is 14.2. The SMILES string of the molecule is CC(C)n1nc(-c2cnc(N)c(C(F)(F)F)c2)cc1[C@H]1[C@@H]2CC(N3CCCC3)C[C@@H]21. The van der Waals surface area contributed by atoms with Crippen LogP contribution in [-0.2, 0) is 6.18 Å². The molecule has 5 nitrogen and oxygen atoms in total. The van der Waals surface area contributed by atoms with E-state index in [0.717, 1.165) is 11.8 Å². The molecule has 2 aromatic heterocycles. The lowest BCUT2D eigenvalue weighted by Gasteiger charge is -2.25. The fraction of sp³-hybridized carbons (Fsp3) is 0.636. The topological polar surface area (TPSA) is 60.0 Å². The van der Waals surface area contributed by atoms with Gasteiger partial charge < -0.3 is 10.6 Å². The van der Waals surface area contributed by atoms with Crippen LogP contribution in [0.3, 0.4) is 0 Å². The molecule has 3 fully saturated rings. The third kappa shape index (κ3) is 3.29. The summed E-state index contributed by atoms with van der Waals surface area (Å²) in [5, 5.41) is 4.68. The van der Waals surface area contributed by atoms with E-state index in [1.807, 2.05) is 10.7 Å². The molecule has 2 N–H and O–H groups in total. The van der Waals surface area contributed by atoms with E-state index in [2.05, 4.69) is 28.8 Å². The number of rotatable bonds is 4. The van der Waals surface area contributed by atoms with Crippen molar-refractivity contribution >= 4 is 5.82 Å². The minimum absolute atomic E-state index is 0.147. The Hall–Kier alpha value is -2.09. The Morgan fingerprint density at radius 2 is 1.77 bits per heavy atom. The quantitative estimate of drug-likeness (QED) is 0.779. The monoisotopic (exact) mass is 419 g/mol. The lowest BCUT2D eigenvalue weighted by atomic mass is 10.0. The third-order valence-corrected chi connectivity index (χ3v) is 7.19. The molecule has 0 radical (unpaired) electrons. The van der Waals surface area contributed by atoms with Crippen LogP contribution in [-0.4, -0.2) is 38.8 Å². The Morgan fingerprint density at radius 1 is 1.10 bits per heavy atom. The first-order valence-electron chi connectivity index (χ1n) is 10.9. The van der Waals surface area contributed by atoms with Crippen LogP contribution in [0.15, 0.2) is 18.3 Å². The number of anilines is 1. The van der Waals surface area contributed by atoms with Crippen molar-refractivity contribution in [3.05, 3.63) is 29.6 Å². The zero-order valence-electron chi connectivity index (χ0n) is 17.4. The minimum atomic E-state index is -4.53. The number of aromatic nitrogens is 3. The summed E-state index contributed by atoms with van der Waals surface area (Å²) in [6.07, 6.45) is 1.95.